The van der Waals surface area contributed by atoms with E-state index in [0.717, 1.165) is 5.56 Å². The molecule has 6 aromatic rings. The van der Waals surface area contributed by atoms with Crippen molar-refractivity contribution in [2.75, 3.05) is 5.32 Å². The van der Waals surface area contributed by atoms with E-state index in [0.29, 0.717) is 56.1 Å². The van der Waals surface area contributed by atoms with Crippen LogP contribution in [0.25, 0.3) is 38.6 Å². The van der Waals surface area contributed by atoms with Gasteiger partial charge in [0, 0.05) is 23.3 Å². The molecular formula is C30H22N8O. The minimum atomic E-state index is -0.433. The van der Waals surface area contributed by atoms with Gasteiger partial charge in [-0.05, 0) is 55.8 Å². The van der Waals surface area contributed by atoms with Gasteiger partial charge in [0.15, 0.2) is 0 Å². The molecule has 3 heterocycles. The fourth-order valence-electron chi connectivity index (χ4n) is 4.65. The lowest BCUT2D eigenvalue weighted by Gasteiger charge is -2.21. The molecule has 1 N–H and O–H groups in total. The zero-order valence-corrected chi connectivity index (χ0v) is 21.2. The lowest BCUT2D eigenvalue weighted by atomic mass is 10.0. The van der Waals surface area contributed by atoms with E-state index in [-0.39, 0.29) is 5.56 Å². The van der Waals surface area contributed by atoms with Crippen LogP contribution in [-0.2, 0) is 0 Å². The molecule has 0 amide bonds. The quantitative estimate of drug-likeness (QED) is 0.338. The van der Waals surface area contributed by atoms with Crippen molar-refractivity contribution in [1.29, 1.82) is 5.26 Å². The summed E-state index contributed by atoms with van der Waals surface area (Å²) in [6.07, 6.45) is 4.91. The van der Waals surface area contributed by atoms with Crippen molar-refractivity contribution in [3.8, 4) is 22.9 Å². The maximum absolute atomic E-state index is 14.3. The average molecular weight is 511 g/mol. The van der Waals surface area contributed by atoms with Crippen LogP contribution in [0.15, 0.2) is 90.2 Å². The van der Waals surface area contributed by atoms with Gasteiger partial charge < -0.3 is 5.32 Å². The minimum Gasteiger partial charge on any atom is -0.360 e. The molecule has 0 aliphatic rings. The van der Waals surface area contributed by atoms with Crippen molar-refractivity contribution < 1.29 is 0 Å². The number of benzene rings is 3. The third kappa shape index (κ3) is 4.34. The third-order valence-electron chi connectivity index (χ3n) is 6.53. The van der Waals surface area contributed by atoms with E-state index in [2.05, 4.69) is 31.3 Å². The Morgan fingerprint density at radius 3 is 2.49 bits per heavy atom. The number of aromatic nitrogens is 6. The number of para-hydroxylation sites is 1. The van der Waals surface area contributed by atoms with Crippen LogP contribution < -0.4 is 10.9 Å². The van der Waals surface area contributed by atoms with Gasteiger partial charge in [-0.25, -0.2) is 24.9 Å². The lowest BCUT2D eigenvalue weighted by Crippen LogP contribution is -2.27. The molecule has 1 unspecified atom stereocenters. The van der Waals surface area contributed by atoms with Crippen molar-refractivity contribution >= 4 is 27.6 Å². The molecule has 0 bridgehead atoms. The summed E-state index contributed by atoms with van der Waals surface area (Å²) in [5, 5.41) is 14.0. The summed E-state index contributed by atoms with van der Waals surface area (Å²) in [6.45, 7) is 3.74. The molecule has 0 aliphatic carbocycles. The zero-order valence-electron chi connectivity index (χ0n) is 21.2. The van der Waals surface area contributed by atoms with Gasteiger partial charge in [0.1, 0.15) is 23.8 Å². The van der Waals surface area contributed by atoms with Gasteiger partial charge in [-0.15, -0.1) is 0 Å². The Morgan fingerprint density at radius 2 is 1.72 bits per heavy atom. The molecule has 9 heteroatoms. The molecular weight excluding hydrogens is 488 g/mol. The van der Waals surface area contributed by atoms with Crippen LogP contribution in [-0.4, -0.2) is 29.5 Å². The summed E-state index contributed by atoms with van der Waals surface area (Å²) in [5.41, 5.74) is 3.71. The van der Waals surface area contributed by atoms with Crippen LogP contribution in [0.5, 0.6) is 0 Å². The highest BCUT2D eigenvalue weighted by molar-refractivity contribution is 5.94. The highest BCUT2D eigenvalue weighted by Gasteiger charge is 2.21. The van der Waals surface area contributed by atoms with E-state index < -0.39 is 6.04 Å². The molecule has 6 rings (SSSR count). The first-order valence-corrected chi connectivity index (χ1v) is 12.3. The summed E-state index contributed by atoms with van der Waals surface area (Å²) >= 11 is 0. The Bertz CT molecular complexity index is 1940. The summed E-state index contributed by atoms with van der Waals surface area (Å²) in [7, 11) is 0. The molecule has 0 radical (unpaired) electrons. The number of anilines is 1. The highest BCUT2D eigenvalue weighted by atomic mass is 16.1. The van der Waals surface area contributed by atoms with Gasteiger partial charge >= 0.3 is 0 Å². The number of rotatable bonds is 5. The molecule has 0 spiro atoms. The van der Waals surface area contributed by atoms with E-state index >= 15 is 0 Å². The van der Waals surface area contributed by atoms with Gasteiger partial charge in [0.25, 0.3) is 5.56 Å². The van der Waals surface area contributed by atoms with Crippen molar-refractivity contribution in [1.82, 2.24) is 29.5 Å². The van der Waals surface area contributed by atoms with Gasteiger partial charge in [-0.2, -0.15) is 5.26 Å². The average Bonchev–Trinajstić information content (AvgIpc) is 2.97. The summed E-state index contributed by atoms with van der Waals surface area (Å²) in [6, 6.07) is 22.0. The first kappa shape index (κ1) is 23.9. The smallest absolute Gasteiger partial charge is 0.266 e. The van der Waals surface area contributed by atoms with Crippen molar-refractivity contribution in [2.45, 2.75) is 19.9 Å². The largest absolute Gasteiger partial charge is 0.360 e. The van der Waals surface area contributed by atoms with Gasteiger partial charge in [0.2, 0.25) is 0 Å². The second-order valence-electron chi connectivity index (χ2n) is 9.10. The maximum Gasteiger partial charge on any atom is 0.266 e. The van der Waals surface area contributed by atoms with Gasteiger partial charge in [-0.3, -0.25) is 9.36 Å². The molecule has 0 saturated carbocycles. The Hall–Kier alpha value is -5.49. The topological polar surface area (TPSA) is 122 Å². The van der Waals surface area contributed by atoms with Gasteiger partial charge in [-0.1, -0.05) is 30.3 Å². The molecule has 0 saturated heterocycles. The Kier molecular flexibility index (Phi) is 5.98. The van der Waals surface area contributed by atoms with E-state index in [1.165, 1.54) is 6.33 Å². The maximum atomic E-state index is 14.3. The molecule has 9 nitrogen and oxygen atoms in total. The SMILES string of the molecule is Cc1ncc(-c2cccc3nc(C(C)Nc4ncnc5ccc(C#N)cc45)n(-c4ccccc4)c(=O)c23)cn1. The van der Waals surface area contributed by atoms with Crippen molar-refractivity contribution in [3.63, 3.8) is 0 Å². The standard InChI is InChI=1S/C30H22N8O/c1-18(36-28-24-13-20(14-31)11-12-25(24)34-17-35-28)29-37-26-10-6-9-23(21-15-32-19(2)33-16-21)27(26)30(39)38(29)22-7-4-3-5-8-22/h3-13,15-18H,1-2H3,(H,34,35,36). The fourth-order valence-corrected chi connectivity index (χ4v) is 4.65. The molecule has 3 aromatic heterocycles. The number of aryl methyl sites for hydroxylation is 1. The normalized spacial score (nSPS) is 11.8. The fraction of sp³-hybridized carbons (Fsp3) is 0.100. The monoisotopic (exact) mass is 510 g/mol. The van der Waals surface area contributed by atoms with Crippen LogP contribution in [0, 0.1) is 18.3 Å². The predicted molar refractivity (Wildman–Crippen MR) is 149 cm³/mol. The number of hydrogen-bond acceptors (Lipinski definition) is 8. The number of hydrogen-bond donors (Lipinski definition) is 1. The first-order chi connectivity index (χ1) is 19.0. The molecule has 1 atom stereocenters. The summed E-state index contributed by atoms with van der Waals surface area (Å²) in [4.78, 5) is 36.6. The van der Waals surface area contributed by atoms with E-state index in [1.54, 1.807) is 35.2 Å². The van der Waals surface area contributed by atoms with Crippen molar-refractivity contribution in [3.05, 3.63) is 113 Å². The molecule has 0 fully saturated rings. The molecule has 0 aliphatic heterocycles. The third-order valence-corrected chi connectivity index (χ3v) is 6.53. The Labute approximate surface area is 223 Å². The van der Waals surface area contributed by atoms with Crippen LogP contribution in [0.1, 0.15) is 30.2 Å². The van der Waals surface area contributed by atoms with E-state index in [4.69, 9.17) is 4.98 Å². The van der Waals surface area contributed by atoms with Crippen LogP contribution in [0.2, 0.25) is 0 Å². The number of fused-ring (bicyclic) bond motifs is 2. The molecule has 39 heavy (non-hydrogen) atoms. The Balaban J connectivity index is 1.55. The second-order valence-corrected chi connectivity index (χ2v) is 9.10. The van der Waals surface area contributed by atoms with Crippen LogP contribution in [0.3, 0.4) is 0 Å². The Morgan fingerprint density at radius 1 is 0.923 bits per heavy atom. The number of nitrogens with zero attached hydrogens (tertiary/aromatic N) is 7. The predicted octanol–water partition coefficient (Wildman–Crippen LogP) is 5.14. The van der Waals surface area contributed by atoms with Crippen molar-refractivity contribution in [2.24, 2.45) is 0 Å². The highest BCUT2D eigenvalue weighted by Crippen LogP contribution is 2.29. The zero-order chi connectivity index (χ0) is 26.9. The van der Waals surface area contributed by atoms with Crippen LogP contribution >= 0.6 is 0 Å². The molecule has 188 valence electrons. The summed E-state index contributed by atoms with van der Waals surface area (Å²) in [5.74, 6) is 1.71. The molecule has 3 aromatic carbocycles. The second kappa shape index (κ2) is 9.76. The summed E-state index contributed by atoms with van der Waals surface area (Å²) < 4.78 is 1.63. The number of nitriles is 1. The van der Waals surface area contributed by atoms with Crippen LogP contribution in [0.4, 0.5) is 5.82 Å². The lowest BCUT2D eigenvalue weighted by molar-refractivity contribution is 0.732. The van der Waals surface area contributed by atoms with E-state index in [1.807, 2.05) is 62.4 Å². The van der Waals surface area contributed by atoms with Gasteiger partial charge in [0.05, 0.1) is 39.8 Å². The number of nitrogens with one attached hydrogen (secondary N) is 1. The first-order valence-electron chi connectivity index (χ1n) is 12.3. The van der Waals surface area contributed by atoms with E-state index in [9.17, 15) is 10.1 Å². The minimum absolute atomic E-state index is 0.203.